The molecular weight excluding hydrogens is 308 g/mol. The van der Waals surface area contributed by atoms with Crippen molar-refractivity contribution in [1.82, 2.24) is 10.2 Å². The molecule has 1 saturated heterocycles. The van der Waals surface area contributed by atoms with Gasteiger partial charge in [0.15, 0.2) is 0 Å². The van der Waals surface area contributed by atoms with Gasteiger partial charge in [0.2, 0.25) is 0 Å². The van der Waals surface area contributed by atoms with Crippen LogP contribution in [-0.2, 0) is 6.54 Å². The van der Waals surface area contributed by atoms with Gasteiger partial charge in [-0.3, -0.25) is 4.90 Å². The van der Waals surface area contributed by atoms with Crippen LogP contribution in [0.2, 0.25) is 0 Å². The Bertz CT molecular complexity index is 319. The van der Waals surface area contributed by atoms with E-state index in [0.717, 1.165) is 6.54 Å². The lowest BCUT2D eigenvalue weighted by atomic mass is 10.1. The third-order valence-electron chi connectivity index (χ3n) is 2.94. The van der Waals surface area contributed by atoms with Gasteiger partial charge in [-0.25, -0.2) is 0 Å². The third kappa shape index (κ3) is 4.00. The Morgan fingerprint density at radius 1 is 1.62 bits per heavy atom. The molecule has 1 aromatic rings. The van der Waals surface area contributed by atoms with Crippen LogP contribution < -0.4 is 5.32 Å². The van der Waals surface area contributed by atoms with E-state index in [9.17, 15) is 0 Å². The Morgan fingerprint density at radius 3 is 3.06 bits per heavy atom. The molecule has 2 nitrogen and oxygen atoms in total. The van der Waals surface area contributed by atoms with E-state index in [1.165, 1.54) is 35.3 Å². The molecule has 2 heterocycles. The maximum atomic E-state index is 3.51. The number of halogens is 2. The molecule has 0 spiro atoms. The molecule has 1 fully saturated rings. The molecule has 92 valence electrons. The van der Waals surface area contributed by atoms with Gasteiger partial charge in [-0.05, 0) is 59.4 Å². The maximum absolute atomic E-state index is 3.51. The van der Waals surface area contributed by atoms with E-state index in [4.69, 9.17) is 0 Å². The molecule has 1 aliphatic rings. The van der Waals surface area contributed by atoms with Gasteiger partial charge in [0.25, 0.3) is 0 Å². The molecule has 0 saturated carbocycles. The first-order valence-corrected chi connectivity index (χ1v) is 7.07. The standard InChI is InChI=1S/C11H17BrN2S.ClH/c1-13-10-3-2-4-14(7-10)6-9-5-11(12)15-8-9;/h5,8,10,13H,2-4,6-7H2,1H3;1H. The van der Waals surface area contributed by atoms with Crippen LogP contribution >= 0.6 is 39.7 Å². The fourth-order valence-corrected chi connectivity index (χ4v) is 3.32. The van der Waals surface area contributed by atoms with Crippen LogP contribution in [0.5, 0.6) is 0 Å². The summed E-state index contributed by atoms with van der Waals surface area (Å²) < 4.78 is 1.24. The quantitative estimate of drug-likeness (QED) is 0.918. The smallest absolute Gasteiger partial charge is 0.0701 e. The summed E-state index contributed by atoms with van der Waals surface area (Å²) in [7, 11) is 2.06. The predicted octanol–water partition coefficient (Wildman–Crippen LogP) is 3.12. The highest BCUT2D eigenvalue weighted by Gasteiger charge is 2.18. The highest BCUT2D eigenvalue weighted by atomic mass is 79.9. The van der Waals surface area contributed by atoms with Crippen LogP contribution in [0.1, 0.15) is 18.4 Å². The zero-order chi connectivity index (χ0) is 10.7. The normalized spacial score (nSPS) is 21.8. The second-order valence-corrected chi connectivity index (χ2v) is 6.41. The fourth-order valence-electron chi connectivity index (χ4n) is 2.12. The Balaban J connectivity index is 0.00000128. The van der Waals surface area contributed by atoms with E-state index in [2.05, 4.69) is 44.6 Å². The summed E-state index contributed by atoms with van der Waals surface area (Å²) in [5, 5.41) is 5.62. The van der Waals surface area contributed by atoms with Crippen LogP contribution in [0, 0.1) is 0 Å². The lowest BCUT2D eigenvalue weighted by Crippen LogP contribution is -2.43. The van der Waals surface area contributed by atoms with Crippen molar-refractivity contribution in [1.29, 1.82) is 0 Å². The van der Waals surface area contributed by atoms with Gasteiger partial charge in [0.05, 0.1) is 3.79 Å². The zero-order valence-corrected chi connectivity index (χ0v) is 12.6. The number of nitrogens with zero attached hydrogens (tertiary/aromatic N) is 1. The topological polar surface area (TPSA) is 15.3 Å². The van der Waals surface area contributed by atoms with Crippen molar-refractivity contribution in [3.63, 3.8) is 0 Å². The Hall–Kier alpha value is 0.390. The van der Waals surface area contributed by atoms with E-state index in [1.54, 1.807) is 11.3 Å². The van der Waals surface area contributed by atoms with E-state index in [0.29, 0.717) is 6.04 Å². The minimum absolute atomic E-state index is 0. The van der Waals surface area contributed by atoms with Gasteiger partial charge in [0.1, 0.15) is 0 Å². The van der Waals surface area contributed by atoms with E-state index in [1.807, 2.05) is 0 Å². The zero-order valence-electron chi connectivity index (χ0n) is 9.41. The molecule has 1 aliphatic heterocycles. The van der Waals surface area contributed by atoms with E-state index < -0.39 is 0 Å². The largest absolute Gasteiger partial charge is 0.316 e. The summed E-state index contributed by atoms with van der Waals surface area (Å²) in [6.07, 6.45) is 2.64. The second kappa shape index (κ2) is 6.97. The van der Waals surface area contributed by atoms with Crippen molar-refractivity contribution in [2.24, 2.45) is 0 Å². The van der Waals surface area contributed by atoms with Gasteiger partial charge < -0.3 is 5.32 Å². The molecular formula is C11H18BrClN2S. The van der Waals surface area contributed by atoms with Gasteiger partial charge in [0, 0.05) is 19.1 Å². The van der Waals surface area contributed by atoms with Crippen molar-refractivity contribution in [2.45, 2.75) is 25.4 Å². The molecule has 0 aliphatic carbocycles. The molecule has 1 unspecified atom stereocenters. The fraction of sp³-hybridized carbons (Fsp3) is 0.636. The number of likely N-dealkylation sites (tertiary alicyclic amines) is 1. The van der Waals surface area contributed by atoms with Gasteiger partial charge in [-0.2, -0.15) is 0 Å². The molecule has 0 radical (unpaired) electrons. The van der Waals surface area contributed by atoms with Gasteiger partial charge in [-0.15, -0.1) is 23.7 Å². The van der Waals surface area contributed by atoms with Crippen LogP contribution in [0.15, 0.2) is 15.2 Å². The highest BCUT2D eigenvalue weighted by molar-refractivity contribution is 9.11. The summed E-state index contributed by atoms with van der Waals surface area (Å²) in [6.45, 7) is 3.52. The average molecular weight is 326 g/mol. The van der Waals surface area contributed by atoms with Crippen LogP contribution in [0.25, 0.3) is 0 Å². The molecule has 1 N–H and O–H groups in total. The summed E-state index contributed by atoms with van der Waals surface area (Å²) in [5.74, 6) is 0. The van der Waals surface area contributed by atoms with Crippen molar-refractivity contribution in [2.75, 3.05) is 20.1 Å². The first-order valence-electron chi connectivity index (χ1n) is 5.40. The van der Waals surface area contributed by atoms with Gasteiger partial charge >= 0.3 is 0 Å². The molecule has 1 aromatic heterocycles. The van der Waals surface area contributed by atoms with Crippen molar-refractivity contribution >= 4 is 39.7 Å². The van der Waals surface area contributed by atoms with E-state index in [-0.39, 0.29) is 12.4 Å². The predicted molar refractivity (Wildman–Crippen MR) is 76.6 cm³/mol. The molecule has 0 bridgehead atoms. The lowest BCUT2D eigenvalue weighted by molar-refractivity contribution is 0.188. The average Bonchev–Trinajstić information content (AvgIpc) is 2.64. The number of piperidine rings is 1. The van der Waals surface area contributed by atoms with Gasteiger partial charge in [-0.1, -0.05) is 0 Å². The minimum Gasteiger partial charge on any atom is -0.316 e. The molecule has 0 amide bonds. The second-order valence-electron chi connectivity index (χ2n) is 4.12. The van der Waals surface area contributed by atoms with Crippen LogP contribution in [-0.4, -0.2) is 31.1 Å². The Kier molecular flexibility index (Phi) is 6.29. The summed E-state index contributed by atoms with van der Waals surface area (Å²) >= 11 is 5.28. The molecule has 2 rings (SSSR count). The van der Waals surface area contributed by atoms with Crippen molar-refractivity contribution in [3.05, 3.63) is 20.8 Å². The Morgan fingerprint density at radius 2 is 2.44 bits per heavy atom. The summed E-state index contributed by atoms with van der Waals surface area (Å²) in [5.41, 5.74) is 1.43. The molecule has 1 atom stereocenters. The number of hydrogen-bond donors (Lipinski definition) is 1. The minimum atomic E-state index is 0. The molecule has 16 heavy (non-hydrogen) atoms. The third-order valence-corrected chi connectivity index (χ3v) is 4.49. The first-order chi connectivity index (χ1) is 7.28. The van der Waals surface area contributed by atoms with Crippen molar-refractivity contribution < 1.29 is 0 Å². The first kappa shape index (κ1) is 14.5. The summed E-state index contributed by atoms with van der Waals surface area (Å²) in [6, 6.07) is 2.91. The maximum Gasteiger partial charge on any atom is 0.0701 e. The lowest BCUT2D eigenvalue weighted by Gasteiger charge is -2.32. The number of likely N-dealkylation sites (N-methyl/N-ethyl adjacent to an activating group) is 1. The number of rotatable bonds is 3. The molecule has 5 heteroatoms. The van der Waals surface area contributed by atoms with Crippen molar-refractivity contribution in [3.8, 4) is 0 Å². The number of hydrogen-bond acceptors (Lipinski definition) is 3. The highest BCUT2D eigenvalue weighted by Crippen LogP contribution is 2.22. The Labute approximate surface area is 116 Å². The van der Waals surface area contributed by atoms with Crippen LogP contribution in [0.3, 0.4) is 0 Å². The van der Waals surface area contributed by atoms with E-state index >= 15 is 0 Å². The van der Waals surface area contributed by atoms with Crippen LogP contribution in [0.4, 0.5) is 0 Å². The molecule has 0 aromatic carbocycles. The number of nitrogens with one attached hydrogen (secondary N) is 1. The SMILES string of the molecule is CNC1CCCN(Cc2csc(Br)c2)C1.Cl. The number of thiophene rings is 1. The summed E-state index contributed by atoms with van der Waals surface area (Å²) in [4.78, 5) is 2.54. The monoisotopic (exact) mass is 324 g/mol.